The van der Waals surface area contributed by atoms with Crippen LogP contribution in [-0.2, 0) is 23.7 Å². The van der Waals surface area contributed by atoms with E-state index in [1.165, 1.54) is 109 Å². The maximum Gasteiger partial charge on any atom is 0.220 e. The molecule has 70 heavy (non-hydrogen) atoms. The minimum Gasteiger partial charge on any atom is -0.394 e. The highest BCUT2D eigenvalue weighted by atomic mass is 16.7. The number of carbonyl (C=O) groups is 1. The Kier molecular flexibility index (Phi) is 39.1. The highest BCUT2D eigenvalue weighted by molar-refractivity contribution is 5.76. The van der Waals surface area contributed by atoms with Gasteiger partial charge in [-0.1, -0.05) is 198 Å². The van der Waals surface area contributed by atoms with E-state index in [4.69, 9.17) is 18.9 Å². The molecule has 0 saturated carbocycles. The van der Waals surface area contributed by atoms with Crippen LogP contribution >= 0.6 is 0 Å². The number of rotatable bonds is 44. The van der Waals surface area contributed by atoms with E-state index < -0.39 is 86.8 Å². The lowest BCUT2D eigenvalue weighted by atomic mass is 9.97. The van der Waals surface area contributed by atoms with Crippen LogP contribution in [0, 0.1) is 0 Å². The van der Waals surface area contributed by atoms with Gasteiger partial charge in [0.15, 0.2) is 12.6 Å². The predicted octanol–water partition coefficient (Wildman–Crippen LogP) is 8.66. The van der Waals surface area contributed by atoms with Gasteiger partial charge in [0.05, 0.1) is 32.0 Å². The number of hydrogen-bond acceptors (Lipinski definition) is 13. The fourth-order valence-corrected chi connectivity index (χ4v) is 9.24. The summed E-state index contributed by atoms with van der Waals surface area (Å²) in [6.45, 7) is 2.83. The highest BCUT2D eigenvalue weighted by Gasteiger charge is 2.51. The summed E-state index contributed by atoms with van der Waals surface area (Å²) in [6.07, 6.45) is 32.7. The molecule has 12 unspecified atom stereocenters. The molecular weight excluding hydrogens is 895 g/mol. The zero-order chi connectivity index (χ0) is 51.0. The molecule has 14 heteroatoms. The molecule has 0 spiro atoms. The second-order valence-corrected chi connectivity index (χ2v) is 20.1. The summed E-state index contributed by atoms with van der Waals surface area (Å²) in [7, 11) is 0. The van der Waals surface area contributed by atoms with Crippen molar-refractivity contribution in [3.8, 4) is 0 Å². The molecule has 0 aromatic carbocycles. The van der Waals surface area contributed by atoms with Gasteiger partial charge in [-0.25, -0.2) is 0 Å². The summed E-state index contributed by atoms with van der Waals surface area (Å²) in [5.41, 5.74) is 0. The number of carbonyl (C=O) groups excluding carboxylic acids is 1. The quantitative estimate of drug-likeness (QED) is 0.0206. The first-order valence-electron chi connectivity index (χ1n) is 28.2. The topological polar surface area (TPSA) is 228 Å². The smallest absolute Gasteiger partial charge is 0.220 e. The molecule has 0 aromatic rings. The third kappa shape index (κ3) is 28.6. The number of nitrogens with one attached hydrogen (secondary N) is 1. The lowest BCUT2D eigenvalue weighted by molar-refractivity contribution is -0.359. The fourth-order valence-electron chi connectivity index (χ4n) is 9.24. The molecule has 12 atom stereocenters. The van der Waals surface area contributed by atoms with Gasteiger partial charge in [-0.15, -0.1) is 0 Å². The van der Waals surface area contributed by atoms with E-state index in [2.05, 4.69) is 55.6 Å². The molecule has 2 aliphatic rings. The van der Waals surface area contributed by atoms with Crippen molar-refractivity contribution in [2.75, 3.05) is 19.8 Å². The average Bonchev–Trinajstić information content (AvgIpc) is 3.36. The molecule has 0 aromatic heterocycles. The molecule has 2 fully saturated rings. The standard InChI is InChI=1S/C56H103NO13/c1-3-5-7-9-11-13-15-17-19-21-22-24-26-28-30-32-34-36-38-40-48(61)57-44(45(60)39-37-35-33-31-29-27-25-23-20-18-16-14-12-10-8-6-4-2)43-67-55-53(66)51(64)54(47(42-59)69-55)70-56-52(65)50(63)49(62)46(41-58)68-56/h11,13,17,19,22,24,44-47,49-56,58-60,62-66H,3-10,12,14-16,18,20-21,23,25-43H2,1-2H3,(H,57,61)/b13-11-,19-17-,24-22-. The van der Waals surface area contributed by atoms with Crippen LogP contribution < -0.4 is 5.32 Å². The molecule has 1 amide bonds. The monoisotopic (exact) mass is 998 g/mol. The number of aliphatic hydroxyl groups excluding tert-OH is 8. The van der Waals surface area contributed by atoms with Crippen LogP contribution in [0.25, 0.3) is 0 Å². The Morgan fingerprint density at radius 1 is 0.514 bits per heavy atom. The van der Waals surface area contributed by atoms with E-state index in [9.17, 15) is 45.6 Å². The zero-order valence-electron chi connectivity index (χ0n) is 43.8. The van der Waals surface area contributed by atoms with Gasteiger partial charge in [0, 0.05) is 6.42 Å². The van der Waals surface area contributed by atoms with Crippen molar-refractivity contribution in [2.24, 2.45) is 0 Å². The molecule has 14 nitrogen and oxygen atoms in total. The largest absolute Gasteiger partial charge is 0.394 e. The van der Waals surface area contributed by atoms with Crippen molar-refractivity contribution in [1.29, 1.82) is 0 Å². The number of amides is 1. The van der Waals surface area contributed by atoms with Gasteiger partial charge in [-0.3, -0.25) is 4.79 Å². The van der Waals surface area contributed by atoms with E-state index in [0.29, 0.717) is 12.8 Å². The molecule has 2 heterocycles. The van der Waals surface area contributed by atoms with Crippen LogP contribution in [0.1, 0.15) is 219 Å². The van der Waals surface area contributed by atoms with E-state index in [0.717, 1.165) is 77.0 Å². The summed E-state index contributed by atoms with van der Waals surface area (Å²) >= 11 is 0. The highest BCUT2D eigenvalue weighted by Crippen LogP contribution is 2.30. The first-order valence-corrected chi connectivity index (χ1v) is 28.2. The van der Waals surface area contributed by atoms with Crippen molar-refractivity contribution in [3.63, 3.8) is 0 Å². The third-order valence-electron chi connectivity index (χ3n) is 13.9. The van der Waals surface area contributed by atoms with Crippen molar-refractivity contribution >= 4 is 5.91 Å². The van der Waals surface area contributed by atoms with Gasteiger partial charge in [-0.05, 0) is 51.4 Å². The molecule has 2 saturated heterocycles. The number of hydrogen-bond donors (Lipinski definition) is 9. The molecule has 410 valence electrons. The normalized spacial score (nSPS) is 26.2. The Labute approximate surface area is 423 Å². The van der Waals surface area contributed by atoms with E-state index in [-0.39, 0.29) is 18.9 Å². The lowest BCUT2D eigenvalue weighted by Crippen LogP contribution is -2.65. The van der Waals surface area contributed by atoms with Crippen LogP contribution in [0.15, 0.2) is 36.5 Å². The van der Waals surface area contributed by atoms with Crippen LogP contribution in [0.5, 0.6) is 0 Å². The van der Waals surface area contributed by atoms with Gasteiger partial charge in [0.2, 0.25) is 5.91 Å². The minimum atomic E-state index is -1.78. The predicted molar refractivity (Wildman–Crippen MR) is 277 cm³/mol. The number of ether oxygens (including phenoxy) is 4. The molecule has 2 aliphatic heterocycles. The maximum absolute atomic E-state index is 13.2. The van der Waals surface area contributed by atoms with Gasteiger partial charge in [-0.2, -0.15) is 0 Å². The number of allylic oxidation sites excluding steroid dienone is 6. The zero-order valence-corrected chi connectivity index (χ0v) is 43.8. The number of aliphatic hydroxyl groups is 8. The van der Waals surface area contributed by atoms with Crippen LogP contribution in [0.4, 0.5) is 0 Å². The fraction of sp³-hybridized carbons (Fsp3) is 0.875. The SMILES string of the molecule is CCCCC/C=C\C/C=C\C/C=C\CCCCCCCCC(=O)NC(COC1OC(CO)C(OC2OC(CO)C(O)C(O)C2O)C(O)C1O)C(O)CCCCCCCCCCCCCCCCCCC. The molecule has 2 rings (SSSR count). The van der Waals surface area contributed by atoms with E-state index in [1.807, 2.05) is 0 Å². The summed E-state index contributed by atoms with van der Waals surface area (Å²) in [4.78, 5) is 13.2. The van der Waals surface area contributed by atoms with Gasteiger partial charge in [0.25, 0.3) is 0 Å². The Hall–Kier alpha value is -1.79. The summed E-state index contributed by atoms with van der Waals surface area (Å²) in [5, 5.41) is 87.1. The minimum absolute atomic E-state index is 0.219. The second-order valence-electron chi connectivity index (χ2n) is 20.1. The Bertz CT molecular complexity index is 1320. The number of unbranched alkanes of at least 4 members (excludes halogenated alkanes) is 25. The molecular formula is C56H103NO13. The summed E-state index contributed by atoms with van der Waals surface area (Å²) < 4.78 is 22.8. The van der Waals surface area contributed by atoms with Crippen LogP contribution in [-0.4, -0.2) is 140 Å². The summed E-state index contributed by atoms with van der Waals surface area (Å²) in [5.74, 6) is -0.219. The van der Waals surface area contributed by atoms with Crippen molar-refractivity contribution in [1.82, 2.24) is 5.32 Å². The first-order chi connectivity index (χ1) is 34.1. The maximum atomic E-state index is 13.2. The third-order valence-corrected chi connectivity index (χ3v) is 13.9. The second kappa shape index (κ2) is 42.6. The molecule has 0 bridgehead atoms. The summed E-state index contributed by atoms with van der Waals surface area (Å²) in [6, 6.07) is -0.835. The molecule has 9 N–H and O–H groups in total. The lowest BCUT2D eigenvalue weighted by Gasteiger charge is -2.46. The Balaban J connectivity index is 1.80. The Morgan fingerprint density at radius 3 is 1.47 bits per heavy atom. The van der Waals surface area contributed by atoms with Crippen LogP contribution in [0.3, 0.4) is 0 Å². The van der Waals surface area contributed by atoms with E-state index in [1.54, 1.807) is 0 Å². The van der Waals surface area contributed by atoms with Gasteiger partial charge in [0.1, 0.15) is 48.8 Å². The van der Waals surface area contributed by atoms with E-state index >= 15 is 0 Å². The Morgan fingerprint density at radius 2 is 0.943 bits per heavy atom. The van der Waals surface area contributed by atoms with Crippen molar-refractivity contribution in [2.45, 2.75) is 293 Å². The van der Waals surface area contributed by atoms with Crippen LogP contribution in [0.2, 0.25) is 0 Å². The van der Waals surface area contributed by atoms with Crippen molar-refractivity contribution < 1.29 is 64.6 Å². The van der Waals surface area contributed by atoms with Gasteiger partial charge >= 0.3 is 0 Å². The van der Waals surface area contributed by atoms with Crippen molar-refractivity contribution in [3.05, 3.63) is 36.5 Å². The first kappa shape index (κ1) is 64.3. The average molecular weight is 998 g/mol. The molecule has 0 aliphatic carbocycles. The molecule has 0 radical (unpaired) electrons. The van der Waals surface area contributed by atoms with Gasteiger partial charge < -0.3 is 65.1 Å².